The largest absolute Gasteiger partial charge is 0.378 e. The zero-order valence-electron chi connectivity index (χ0n) is 11.4. The van der Waals surface area contributed by atoms with Crippen LogP contribution in [0.3, 0.4) is 0 Å². The monoisotopic (exact) mass is 360 g/mol. The van der Waals surface area contributed by atoms with Crippen molar-refractivity contribution in [2.45, 2.75) is 19.5 Å². The molecule has 1 saturated heterocycles. The maximum atomic E-state index is 12.2. The number of ether oxygens (including phenoxy) is 1. The summed E-state index contributed by atoms with van der Waals surface area (Å²) in [6.07, 6.45) is 0. The normalized spacial score (nSPS) is 17.1. The molecule has 0 aromatic heterocycles. The van der Waals surface area contributed by atoms with Gasteiger partial charge in [-0.3, -0.25) is 4.79 Å². The highest BCUT2D eigenvalue weighted by molar-refractivity contribution is 9.10. The number of benzene rings is 1. The summed E-state index contributed by atoms with van der Waals surface area (Å²) < 4.78 is 6.23. The van der Waals surface area contributed by atoms with Gasteiger partial charge in [0.25, 0.3) is 0 Å². The summed E-state index contributed by atoms with van der Waals surface area (Å²) >= 11 is 9.55. The van der Waals surface area contributed by atoms with E-state index in [1.165, 1.54) is 0 Å². The number of carbonyl (C=O) groups excluding carboxylic acids is 1. The molecule has 1 aromatic rings. The van der Waals surface area contributed by atoms with Crippen LogP contribution in [0.5, 0.6) is 0 Å². The third kappa shape index (κ3) is 4.19. The molecule has 1 heterocycles. The summed E-state index contributed by atoms with van der Waals surface area (Å²) in [5, 5.41) is 3.93. The van der Waals surface area contributed by atoms with Gasteiger partial charge in [0.2, 0.25) is 5.91 Å². The molecule has 6 heteroatoms. The molecule has 1 unspecified atom stereocenters. The molecule has 1 atom stereocenters. The van der Waals surface area contributed by atoms with Gasteiger partial charge in [-0.1, -0.05) is 27.5 Å². The van der Waals surface area contributed by atoms with Gasteiger partial charge in [-0.25, -0.2) is 0 Å². The van der Waals surface area contributed by atoms with Gasteiger partial charge in [0.15, 0.2) is 0 Å². The molecule has 0 aliphatic carbocycles. The Balaban J connectivity index is 1.89. The zero-order valence-corrected chi connectivity index (χ0v) is 13.7. The topological polar surface area (TPSA) is 41.6 Å². The van der Waals surface area contributed by atoms with Crippen molar-refractivity contribution in [2.75, 3.05) is 26.3 Å². The molecule has 1 aliphatic heterocycles. The van der Waals surface area contributed by atoms with Crippen molar-refractivity contribution in [3.8, 4) is 0 Å². The lowest BCUT2D eigenvalue weighted by Gasteiger charge is -2.29. The zero-order chi connectivity index (χ0) is 14.5. The molecule has 110 valence electrons. The van der Waals surface area contributed by atoms with Gasteiger partial charge < -0.3 is 15.0 Å². The standard InChI is InChI=1S/C14H18BrClN2O2/c1-10(14(19)18-4-6-20-7-5-18)17-9-11-8-12(15)2-3-13(11)16/h2-3,8,10,17H,4-7,9H2,1H3. The van der Waals surface area contributed by atoms with Gasteiger partial charge in [0.05, 0.1) is 19.3 Å². The van der Waals surface area contributed by atoms with E-state index < -0.39 is 0 Å². The Morgan fingerprint density at radius 1 is 1.50 bits per heavy atom. The predicted molar refractivity (Wildman–Crippen MR) is 82.9 cm³/mol. The highest BCUT2D eigenvalue weighted by atomic mass is 79.9. The fourth-order valence-electron chi connectivity index (χ4n) is 2.09. The quantitative estimate of drug-likeness (QED) is 0.895. The Labute approximate surface area is 132 Å². The molecule has 1 aliphatic rings. The van der Waals surface area contributed by atoms with Crippen LogP contribution in [0.25, 0.3) is 0 Å². The van der Waals surface area contributed by atoms with E-state index >= 15 is 0 Å². The van der Waals surface area contributed by atoms with Gasteiger partial charge in [0.1, 0.15) is 0 Å². The Morgan fingerprint density at radius 3 is 2.90 bits per heavy atom. The van der Waals surface area contributed by atoms with Crippen molar-refractivity contribution >= 4 is 33.4 Å². The van der Waals surface area contributed by atoms with E-state index in [-0.39, 0.29) is 11.9 Å². The number of hydrogen-bond acceptors (Lipinski definition) is 3. The van der Waals surface area contributed by atoms with E-state index in [0.717, 1.165) is 10.0 Å². The number of amides is 1. The van der Waals surface area contributed by atoms with Crippen molar-refractivity contribution in [1.29, 1.82) is 0 Å². The summed E-state index contributed by atoms with van der Waals surface area (Å²) in [4.78, 5) is 14.1. The highest BCUT2D eigenvalue weighted by Gasteiger charge is 2.22. The molecule has 0 spiro atoms. The van der Waals surface area contributed by atoms with E-state index in [4.69, 9.17) is 16.3 Å². The molecule has 1 fully saturated rings. The van der Waals surface area contributed by atoms with Gasteiger partial charge in [-0.15, -0.1) is 0 Å². The van der Waals surface area contributed by atoms with Crippen LogP contribution in [0.1, 0.15) is 12.5 Å². The number of carbonyl (C=O) groups is 1. The minimum Gasteiger partial charge on any atom is -0.378 e. The smallest absolute Gasteiger partial charge is 0.239 e. The van der Waals surface area contributed by atoms with Crippen LogP contribution in [-0.4, -0.2) is 43.2 Å². The molecular weight excluding hydrogens is 344 g/mol. The highest BCUT2D eigenvalue weighted by Crippen LogP contribution is 2.20. The van der Waals surface area contributed by atoms with E-state index in [1.54, 1.807) is 0 Å². The Morgan fingerprint density at radius 2 is 2.20 bits per heavy atom. The number of halogens is 2. The number of nitrogens with one attached hydrogen (secondary N) is 1. The maximum absolute atomic E-state index is 12.2. The van der Waals surface area contributed by atoms with E-state index in [9.17, 15) is 4.79 Å². The fraction of sp³-hybridized carbons (Fsp3) is 0.500. The number of hydrogen-bond donors (Lipinski definition) is 1. The minimum atomic E-state index is -0.233. The van der Waals surface area contributed by atoms with Crippen LogP contribution in [0.2, 0.25) is 5.02 Å². The first-order valence-corrected chi connectivity index (χ1v) is 7.79. The lowest BCUT2D eigenvalue weighted by molar-refractivity contribution is -0.137. The second-order valence-corrected chi connectivity index (χ2v) is 6.10. The molecule has 2 rings (SSSR count). The number of nitrogens with zero attached hydrogens (tertiary/aromatic N) is 1. The summed E-state index contributed by atoms with van der Waals surface area (Å²) in [6, 6.07) is 5.47. The van der Waals surface area contributed by atoms with Gasteiger partial charge >= 0.3 is 0 Å². The van der Waals surface area contributed by atoms with Crippen LogP contribution in [-0.2, 0) is 16.1 Å². The first-order chi connectivity index (χ1) is 9.58. The average Bonchev–Trinajstić information content (AvgIpc) is 2.48. The first kappa shape index (κ1) is 15.8. The SMILES string of the molecule is CC(NCc1cc(Br)ccc1Cl)C(=O)N1CCOCC1. The summed E-state index contributed by atoms with van der Waals surface area (Å²) in [5.74, 6) is 0.111. The number of morpholine rings is 1. The average molecular weight is 362 g/mol. The van der Waals surface area contributed by atoms with E-state index in [2.05, 4.69) is 21.2 Å². The van der Waals surface area contributed by atoms with Crippen LogP contribution < -0.4 is 5.32 Å². The molecule has 4 nitrogen and oxygen atoms in total. The van der Waals surface area contributed by atoms with Gasteiger partial charge in [0, 0.05) is 29.1 Å². The lowest BCUT2D eigenvalue weighted by atomic mass is 10.2. The first-order valence-electron chi connectivity index (χ1n) is 6.62. The van der Waals surface area contributed by atoms with Gasteiger partial charge in [-0.05, 0) is 30.7 Å². The van der Waals surface area contributed by atoms with Crippen molar-refractivity contribution < 1.29 is 9.53 Å². The molecule has 1 N–H and O–H groups in total. The minimum absolute atomic E-state index is 0.111. The molecule has 0 saturated carbocycles. The third-order valence-electron chi connectivity index (χ3n) is 3.30. The second-order valence-electron chi connectivity index (χ2n) is 4.78. The van der Waals surface area contributed by atoms with Gasteiger partial charge in [-0.2, -0.15) is 0 Å². The fourth-order valence-corrected chi connectivity index (χ4v) is 2.68. The van der Waals surface area contributed by atoms with Crippen molar-refractivity contribution in [1.82, 2.24) is 10.2 Å². The molecule has 1 amide bonds. The van der Waals surface area contributed by atoms with Crippen LogP contribution >= 0.6 is 27.5 Å². The predicted octanol–water partition coefficient (Wildman–Crippen LogP) is 2.44. The third-order valence-corrected chi connectivity index (χ3v) is 4.16. The van der Waals surface area contributed by atoms with Crippen molar-refractivity contribution in [3.63, 3.8) is 0 Å². The molecular formula is C14H18BrClN2O2. The summed E-state index contributed by atoms with van der Waals surface area (Å²) in [6.45, 7) is 5.02. The molecule has 20 heavy (non-hydrogen) atoms. The lowest BCUT2D eigenvalue weighted by Crippen LogP contribution is -2.49. The molecule has 0 radical (unpaired) electrons. The maximum Gasteiger partial charge on any atom is 0.239 e. The summed E-state index contributed by atoms with van der Waals surface area (Å²) in [7, 11) is 0. The Hall–Kier alpha value is -0.620. The summed E-state index contributed by atoms with van der Waals surface area (Å²) in [5.41, 5.74) is 0.975. The van der Waals surface area contributed by atoms with E-state index in [0.29, 0.717) is 37.9 Å². The Bertz CT molecular complexity index is 478. The van der Waals surface area contributed by atoms with Crippen LogP contribution in [0, 0.1) is 0 Å². The van der Waals surface area contributed by atoms with Crippen LogP contribution in [0.4, 0.5) is 0 Å². The van der Waals surface area contributed by atoms with E-state index in [1.807, 2.05) is 30.0 Å². The van der Waals surface area contributed by atoms with Crippen molar-refractivity contribution in [2.24, 2.45) is 0 Å². The molecule has 1 aromatic carbocycles. The number of rotatable bonds is 4. The van der Waals surface area contributed by atoms with Crippen LogP contribution in [0.15, 0.2) is 22.7 Å². The van der Waals surface area contributed by atoms with Crippen molar-refractivity contribution in [3.05, 3.63) is 33.3 Å². The second kappa shape index (κ2) is 7.41. The molecule has 0 bridgehead atoms. The Kier molecular flexibility index (Phi) is 5.84.